The summed E-state index contributed by atoms with van der Waals surface area (Å²) in [6, 6.07) is -1.10. The molecule has 0 spiro atoms. The summed E-state index contributed by atoms with van der Waals surface area (Å²) in [5.41, 5.74) is 5.09. The van der Waals surface area contributed by atoms with Gasteiger partial charge in [0.2, 0.25) is 17.7 Å². The van der Waals surface area contributed by atoms with Crippen molar-refractivity contribution in [3.8, 4) is 0 Å². The van der Waals surface area contributed by atoms with Gasteiger partial charge in [0, 0.05) is 26.1 Å². The van der Waals surface area contributed by atoms with Crippen molar-refractivity contribution in [2.45, 2.75) is 46.1 Å². The first-order valence-electron chi connectivity index (χ1n) is 9.38. The summed E-state index contributed by atoms with van der Waals surface area (Å²) < 4.78 is 0. The van der Waals surface area contributed by atoms with Crippen molar-refractivity contribution in [3.63, 3.8) is 0 Å². The van der Waals surface area contributed by atoms with Crippen LogP contribution in [0.4, 0.5) is 4.79 Å². The standard InChI is InChI=1S/C6H12N2O3.C6H11NO3.C5H10N2O3/c1-2-8-5(9)3-4(7)6(10)11;1-2-7-5(8)3-4-6(9)10;1-2-6-4(8)3-7-5(9)10/h4H,2-3,7H2,1H3,(H,8,9)(H,10,11);2-4H2,1H3,(H,7,8)(H,9,10);7H,2-3H2,1H3,(H,6,8)(H,9,10). The molecule has 9 N–H and O–H groups in total. The molecule has 14 nitrogen and oxygen atoms in total. The van der Waals surface area contributed by atoms with Gasteiger partial charge in [-0.05, 0) is 20.8 Å². The molecule has 0 fully saturated rings. The SMILES string of the molecule is CCNC(=O)CC(N)C(=O)O.CCNC(=O)CCC(=O)O.CCNC(=O)CNC(=O)O. The monoisotopic (exact) mass is 451 g/mol. The number of hydrogen-bond acceptors (Lipinski definition) is 7. The van der Waals surface area contributed by atoms with Crippen LogP contribution in [0.25, 0.3) is 0 Å². The van der Waals surface area contributed by atoms with Crippen LogP contribution in [-0.2, 0) is 24.0 Å². The fourth-order valence-electron chi connectivity index (χ4n) is 1.48. The second kappa shape index (κ2) is 21.3. The van der Waals surface area contributed by atoms with Gasteiger partial charge in [-0.25, -0.2) is 4.79 Å². The second-order valence-electron chi connectivity index (χ2n) is 5.56. The largest absolute Gasteiger partial charge is 0.481 e. The van der Waals surface area contributed by atoms with Crippen molar-refractivity contribution in [2.24, 2.45) is 5.73 Å². The van der Waals surface area contributed by atoms with Crippen molar-refractivity contribution in [2.75, 3.05) is 26.2 Å². The fraction of sp³-hybridized carbons (Fsp3) is 0.647. The van der Waals surface area contributed by atoms with Crippen molar-refractivity contribution in [3.05, 3.63) is 0 Å². The molecule has 0 radical (unpaired) electrons. The Morgan fingerprint density at radius 1 is 0.710 bits per heavy atom. The molecule has 0 heterocycles. The van der Waals surface area contributed by atoms with E-state index in [1.807, 2.05) is 5.32 Å². The van der Waals surface area contributed by atoms with Crippen LogP contribution >= 0.6 is 0 Å². The zero-order chi connectivity index (χ0) is 24.8. The molecule has 0 aliphatic heterocycles. The third kappa shape index (κ3) is 28.9. The first-order valence-corrected chi connectivity index (χ1v) is 9.38. The summed E-state index contributed by atoms with van der Waals surface area (Å²) in [6.07, 6.45) is -1.37. The van der Waals surface area contributed by atoms with Crippen molar-refractivity contribution in [1.82, 2.24) is 21.3 Å². The maximum Gasteiger partial charge on any atom is 0.405 e. The average Bonchev–Trinajstić information content (AvgIpc) is 2.66. The molecule has 0 aromatic rings. The lowest BCUT2D eigenvalue weighted by molar-refractivity contribution is -0.140. The number of carboxylic acid groups (broad SMARTS) is 3. The number of rotatable bonds is 11. The van der Waals surface area contributed by atoms with E-state index in [0.29, 0.717) is 19.6 Å². The van der Waals surface area contributed by atoms with Crippen LogP contribution in [0, 0.1) is 0 Å². The number of nitrogens with two attached hydrogens (primary N) is 1. The zero-order valence-corrected chi connectivity index (χ0v) is 17.9. The van der Waals surface area contributed by atoms with Crippen LogP contribution < -0.4 is 27.0 Å². The van der Waals surface area contributed by atoms with E-state index in [2.05, 4.69) is 16.0 Å². The minimum atomic E-state index is -1.19. The summed E-state index contributed by atoms with van der Waals surface area (Å²) in [4.78, 5) is 61.7. The van der Waals surface area contributed by atoms with Crippen LogP contribution in [0.3, 0.4) is 0 Å². The molecule has 1 unspecified atom stereocenters. The molecule has 0 aliphatic carbocycles. The molecule has 180 valence electrons. The van der Waals surface area contributed by atoms with Crippen LogP contribution in [0.2, 0.25) is 0 Å². The van der Waals surface area contributed by atoms with Gasteiger partial charge in [0.25, 0.3) is 0 Å². The third-order valence-electron chi connectivity index (χ3n) is 2.81. The highest BCUT2D eigenvalue weighted by molar-refractivity contribution is 5.84. The van der Waals surface area contributed by atoms with Gasteiger partial charge in [0.15, 0.2) is 0 Å². The predicted octanol–water partition coefficient (Wildman–Crippen LogP) is -1.70. The van der Waals surface area contributed by atoms with Gasteiger partial charge in [-0.2, -0.15) is 0 Å². The molecule has 0 aliphatic rings. The van der Waals surface area contributed by atoms with Gasteiger partial charge in [-0.3, -0.25) is 24.0 Å². The maximum atomic E-state index is 10.7. The number of carboxylic acids is 2. The Bertz CT molecular complexity index is 552. The normalized spacial score (nSPS) is 9.94. The molecule has 14 heteroatoms. The molecule has 0 bridgehead atoms. The third-order valence-corrected chi connectivity index (χ3v) is 2.81. The lowest BCUT2D eigenvalue weighted by atomic mass is 10.2. The van der Waals surface area contributed by atoms with Gasteiger partial charge in [-0.1, -0.05) is 0 Å². The molecule has 1 atom stereocenters. The number of nitrogens with one attached hydrogen (secondary N) is 4. The van der Waals surface area contributed by atoms with Crippen molar-refractivity contribution in [1.29, 1.82) is 0 Å². The molecule has 0 aromatic carbocycles. The Hall–Kier alpha value is -3.42. The smallest absolute Gasteiger partial charge is 0.405 e. The second-order valence-corrected chi connectivity index (χ2v) is 5.56. The summed E-state index contributed by atoms with van der Waals surface area (Å²) in [5, 5.41) is 33.8. The Morgan fingerprint density at radius 3 is 1.55 bits per heavy atom. The Kier molecular flexibility index (Phi) is 22.2. The topological polar surface area (TPSA) is 237 Å². The number of aliphatic carboxylic acids is 2. The van der Waals surface area contributed by atoms with Gasteiger partial charge in [0.05, 0.1) is 19.4 Å². The Morgan fingerprint density at radius 2 is 1.16 bits per heavy atom. The van der Waals surface area contributed by atoms with Crippen molar-refractivity contribution < 1.29 is 44.1 Å². The highest BCUT2D eigenvalue weighted by Gasteiger charge is 2.14. The van der Waals surface area contributed by atoms with E-state index in [1.165, 1.54) is 0 Å². The lowest BCUT2D eigenvalue weighted by Crippen LogP contribution is -2.36. The summed E-state index contributed by atoms with van der Waals surface area (Å²) in [5.74, 6) is -2.94. The minimum absolute atomic E-state index is 0.0726. The number of carbonyl (C=O) groups excluding carboxylic acids is 3. The van der Waals surface area contributed by atoms with E-state index >= 15 is 0 Å². The minimum Gasteiger partial charge on any atom is -0.481 e. The number of hydrogen-bond donors (Lipinski definition) is 8. The molecular formula is C17H33N5O9. The number of carbonyl (C=O) groups is 6. The first-order chi connectivity index (χ1) is 14.4. The van der Waals surface area contributed by atoms with Gasteiger partial charge in [0.1, 0.15) is 6.04 Å². The Balaban J connectivity index is -0.000000380. The average molecular weight is 451 g/mol. The van der Waals surface area contributed by atoms with E-state index < -0.39 is 24.1 Å². The molecule has 0 saturated heterocycles. The van der Waals surface area contributed by atoms with E-state index in [0.717, 1.165) is 0 Å². The highest BCUT2D eigenvalue weighted by atomic mass is 16.4. The number of likely N-dealkylation sites (N-methyl/N-ethyl adjacent to an activating group) is 1. The van der Waals surface area contributed by atoms with Gasteiger partial charge in [-0.15, -0.1) is 0 Å². The van der Waals surface area contributed by atoms with Crippen molar-refractivity contribution >= 4 is 35.8 Å². The van der Waals surface area contributed by atoms with E-state index in [9.17, 15) is 28.8 Å². The first kappa shape index (κ1) is 32.3. The quantitative estimate of drug-likeness (QED) is 0.177. The van der Waals surface area contributed by atoms with Crippen LogP contribution in [0.5, 0.6) is 0 Å². The fourth-order valence-corrected chi connectivity index (χ4v) is 1.48. The lowest BCUT2D eigenvalue weighted by Gasteiger charge is -2.04. The van der Waals surface area contributed by atoms with E-state index in [4.69, 9.17) is 21.1 Å². The van der Waals surface area contributed by atoms with E-state index in [-0.39, 0.29) is 43.5 Å². The zero-order valence-electron chi connectivity index (χ0n) is 17.9. The molecule has 31 heavy (non-hydrogen) atoms. The Labute approximate surface area is 179 Å². The molecule has 4 amide bonds. The summed E-state index contributed by atoms with van der Waals surface area (Å²) in [7, 11) is 0. The summed E-state index contributed by atoms with van der Waals surface area (Å²) in [6.45, 7) is 6.69. The molecule has 0 aromatic heterocycles. The summed E-state index contributed by atoms with van der Waals surface area (Å²) >= 11 is 0. The highest BCUT2D eigenvalue weighted by Crippen LogP contribution is 1.87. The van der Waals surface area contributed by atoms with E-state index in [1.54, 1.807) is 20.8 Å². The van der Waals surface area contributed by atoms with Crippen LogP contribution in [-0.4, -0.2) is 83.3 Å². The van der Waals surface area contributed by atoms with Crippen LogP contribution in [0.15, 0.2) is 0 Å². The molecule has 0 rings (SSSR count). The maximum absolute atomic E-state index is 10.7. The van der Waals surface area contributed by atoms with Gasteiger partial charge < -0.3 is 42.3 Å². The predicted molar refractivity (Wildman–Crippen MR) is 109 cm³/mol. The van der Waals surface area contributed by atoms with Crippen LogP contribution in [0.1, 0.15) is 40.0 Å². The molecular weight excluding hydrogens is 418 g/mol. The molecule has 0 saturated carbocycles. The number of amides is 4. The van der Waals surface area contributed by atoms with Gasteiger partial charge >= 0.3 is 18.0 Å².